The van der Waals surface area contributed by atoms with E-state index in [9.17, 15) is 4.79 Å². The van der Waals surface area contributed by atoms with Crippen LogP contribution in [0.5, 0.6) is 5.75 Å². The normalized spacial score (nSPS) is 12.7. The summed E-state index contributed by atoms with van der Waals surface area (Å²) in [5, 5.41) is 10.2. The Hall–Kier alpha value is -2.38. The molecule has 8 heteroatoms. The van der Waals surface area contributed by atoms with E-state index in [-0.39, 0.29) is 12.5 Å². The van der Waals surface area contributed by atoms with Gasteiger partial charge in [0.1, 0.15) is 12.3 Å². The number of aryl methyl sites for hydroxylation is 1. The second-order valence-electron chi connectivity index (χ2n) is 6.15. The summed E-state index contributed by atoms with van der Waals surface area (Å²) in [5.74, 6) is 0.761. The molecule has 0 atom stereocenters. The molecule has 1 amide bonds. The Morgan fingerprint density at radius 2 is 2.27 bits per heavy atom. The van der Waals surface area contributed by atoms with E-state index < -0.39 is 0 Å². The molecule has 0 spiro atoms. The van der Waals surface area contributed by atoms with Gasteiger partial charge in [0.05, 0.1) is 28.7 Å². The smallest absolute Gasteiger partial charge is 0.247 e. The molecule has 0 bridgehead atoms. The van der Waals surface area contributed by atoms with Crippen molar-refractivity contribution in [1.29, 1.82) is 0 Å². The number of thiazole rings is 1. The highest BCUT2D eigenvalue weighted by atomic mass is 35.5. The number of hydrogen-bond donors (Lipinski definition) is 1. The van der Waals surface area contributed by atoms with Gasteiger partial charge in [-0.25, -0.2) is 4.98 Å². The number of benzene rings is 1. The Morgan fingerprint density at radius 1 is 1.42 bits per heavy atom. The van der Waals surface area contributed by atoms with Gasteiger partial charge >= 0.3 is 0 Å². The Morgan fingerprint density at radius 3 is 3.04 bits per heavy atom. The second kappa shape index (κ2) is 6.74. The summed E-state index contributed by atoms with van der Waals surface area (Å²) >= 11 is 7.52. The van der Waals surface area contributed by atoms with Crippen LogP contribution in [0.2, 0.25) is 5.02 Å². The summed E-state index contributed by atoms with van der Waals surface area (Å²) in [4.78, 5) is 16.8. The molecule has 0 unspecified atom stereocenters. The number of nitrogens with zero attached hydrogens (tertiary/aromatic N) is 3. The Bertz CT molecular complexity index is 995. The zero-order valence-corrected chi connectivity index (χ0v) is 15.9. The highest BCUT2D eigenvalue weighted by Crippen LogP contribution is 2.32. The molecule has 1 N–H and O–H groups in total. The minimum absolute atomic E-state index is 0.102. The molecule has 1 aliphatic heterocycles. The van der Waals surface area contributed by atoms with E-state index in [1.54, 1.807) is 4.68 Å². The van der Waals surface area contributed by atoms with Gasteiger partial charge in [-0.15, -0.1) is 11.3 Å². The fourth-order valence-electron chi connectivity index (χ4n) is 2.93. The molecule has 3 aromatic rings. The first-order valence-electron chi connectivity index (χ1n) is 8.22. The summed E-state index contributed by atoms with van der Waals surface area (Å²) in [6.07, 6.45) is 0.919. The number of ether oxygens (including phenoxy) is 1. The van der Waals surface area contributed by atoms with Gasteiger partial charge in [0, 0.05) is 17.4 Å². The summed E-state index contributed by atoms with van der Waals surface area (Å²) in [6, 6.07) is 6.06. The lowest BCUT2D eigenvalue weighted by Gasteiger charge is -2.04. The van der Waals surface area contributed by atoms with Crippen LogP contribution in [0, 0.1) is 13.8 Å². The van der Waals surface area contributed by atoms with Gasteiger partial charge in [-0.1, -0.05) is 11.6 Å². The highest BCUT2D eigenvalue weighted by molar-refractivity contribution is 7.14. The van der Waals surface area contributed by atoms with Gasteiger partial charge in [0.25, 0.3) is 0 Å². The number of hydrogen-bond acceptors (Lipinski definition) is 5. The van der Waals surface area contributed by atoms with Crippen molar-refractivity contribution in [3.05, 3.63) is 45.6 Å². The topological polar surface area (TPSA) is 69.0 Å². The SMILES string of the molecule is Cc1nn(CC(=O)Nc2nc(-c3ccc4c(c3)CCO4)cs2)c(C)c1Cl. The Kier molecular flexibility index (Phi) is 4.42. The standard InChI is InChI=1S/C18H17ClN4O2S/c1-10-17(19)11(2)23(22-10)8-16(24)21-18-20-14(9-26-18)12-3-4-15-13(7-12)5-6-25-15/h3-4,7,9H,5-6,8H2,1-2H3,(H,20,21,24). The van der Waals surface area contributed by atoms with Gasteiger partial charge in [0.2, 0.25) is 5.91 Å². The van der Waals surface area contributed by atoms with Gasteiger partial charge < -0.3 is 10.1 Å². The van der Waals surface area contributed by atoms with Crippen LogP contribution in [0.4, 0.5) is 5.13 Å². The van der Waals surface area contributed by atoms with Crippen molar-refractivity contribution in [3.8, 4) is 17.0 Å². The molecule has 0 aliphatic carbocycles. The monoisotopic (exact) mass is 388 g/mol. The third-order valence-electron chi connectivity index (χ3n) is 4.32. The van der Waals surface area contributed by atoms with Crippen LogP contribution in [0.3, 0.4) is 0 Å². The molecule has 3 heterocycles. The molecule has 0 saturated heterocycles. The van der Waals surface area contributed by atoms with E-state index in [0.29, 0.717) is 15.8 Å². The molecule has 1 aliphatic rings. The number of nitrogens with one attached hydrogen (secondary N) is 1. The lowest BCUT2D eigenvalue weighted by atomic mass is 10.1. The Balaban J connectivity index is 1.46. The van der Waals surface area contributed by atoms with E-state index in [1.807, 2.05) is 31.4 Å². The first kappa shape index (κ1) is 17.1. The first-order valence-corrected chi connectivity index (χ1v) is 9.48. The van der Waals surface area contributed by atoms with E-state index >= 15 is 0 Å². The molecule has 134 valence electrons. The van der Waals surface area contributed by atoms with Crippen molar-refractivity contribution in [3.63, 3.8) is 0 Å². The molecule has 4 rings (SSSR count). The van der Waals surface area contributed by atoms with Crippen LogP contribution in [0.1, 0.15) is 17.0 Å². The molecule has 1 aromatic carbocycles. The Labute approximate surface area is 159 Å². The van der Waals surface area contributed by atoms with E-state index in [2.05, 4.69) is 21.5 Å². The van der Waals surface area contributed by atoms with Crippen molar-refractivity contribution in [2.75, 3.05) is 11.9 Å². The first-order chi connectivity index (χ1) is 12.5. The number of carbonyl (C=O) groups is 1. The van der Waals surface area contributed by atoms with Crippen molar-refractivity contribution in [2.24, 2.45) is 0 Å². The molecular formula is C18H17ClN4O2S. The van der Waals surface area contributed by atoms with Crippen LogP contribution in [-0.4, -0.2) is 27.3 Å². The largest absolute Gasteiger partial charge is 0.493 e. The second-order valence-corrected chi connectivity index (χ2v) is 7.39. The lowest BCUT2D eigenvalue weighted by molar-refractivity contribution is -0.116. The minimum atomic E-state index is -0.185. The number of aromatic nitrogens is 3. The fraction of sp³-hybridized carbons (Fsp3) is 0.278. The third-order valence-corrected chi connectivity index (χ3v) is 5.63. The van der Waals surface area contributed by atoms with Crippen LogP contribution in [0.15, 0.2) is 23.6 Å². The number of carbonyl (C=O) groups excluding carboxylic acids is 1. The zero-order valence-electron chi connectivity index (χ0n) is 14.4. The average Bonchev–Trinajstić information content (AvgIpc) is 3.32. The maximum absolute atomic E-state index is 12.3. The summed E-state index contributed by atoms with van der Waals surface area (Å²) in [7, 11) is 0. The summed E-state index contributed by atoms with van der Waals surface area (Å²) < 4.78 is 7.13. The van der Waals surface area contributed by atoms with Crippen LogP contribution in [0.25, 0.3) is 11.3 Å². The summed E-state index contributed by atoms with van der Waals surface area (Å²) in [6.45, 7) is 4.49. The molecule has 2 aromatic heterocycles. The number of amides is 1. The average molecular weight is 389 g/mol. The predicted molar refractivity (Wildman–Crippen MR) is 102 cm³/mol. The number of rotatable bonds is 4. The van der Waals surface area contributed by atoms with Gasteiger partial charge in [-0.2, -0.15) is 5.10 Å². The lowest BCUT2D eigenvalue weighted by Crippen LogP contribution is -2.20. The van der Waals surface area contributed by atoms with Crippen LogP contribution < -0.4 is 10.1 Å². The number of anilines is 1. The van der Waals surface area contributed by atoms with Crippen LogP contribution in [-0.2, 0) is 17.8 Å². The van der Waals surface area contributed by atoms with Crippen molar-refractivity contribution < 1.29 is 9.53 Å². The molecular weight excluding hydrogens is 372 g/mol. The van der Waals surface area contributed by atoms with Crippen molar-refractivity contribution in [2.45, 2.75) is 26.8 Å². The van der Waals surface area contributed by atoms with E-state index in [1.165, 1.54) is 16.9 Å². The third kappa shape index (κ3) is 3.20. The van der Waals surface area contributed by atoms with Crippen molar-refractivity contribution >= 4 is 34.0 Å². The minimum Gasteiger partial charge on any atom is -0.493 e. The van der Waals surface area contributed by atoms with E-state index in [4.69, 9.17) is 16.3 Å². The number of fused-ring (bicyclic) bond motifs is 1. The zero-order chi connectivity index (χ0) is 18.3. The van der Waals surface area contributed by atoms with E-state index in [0.717, 1.165) is 35.7 Å². The van der Waals surface area contributed by atoms with Gasteiger partial charge in [0.15, 0.2) is 5.13 Å². The fourth-order valence-corrected chi connectivity index (χ4v) is 3.80. The van der Waals surface area contributed by atoms with Crippen LogP contribution >= 0.6 is 22.9 Å². The molecule has 26 heavy (non-hydrogen) atoms. The highest BCUT2D eigenvalue weighted by Gasteiger charge is 2.16. The van der Waals surface area contributed by atoms with Gasteiger partial charge in [-0.05, 0) is 37.6 Å². The maximum Gasteiger partial charge on any atom is 0.247 e. The summed E-state index contributed by atoms with van der Waals surface area (Å²) in [5.41, 5.74) is 4.56. The maximum atomic E-state index is 12.3. The molecule has 6 nitrogen and oxygen atoms in total. The van der Waals surface area contributed by atoms with Crippen molar-refractivity contribution in [1.82, 2.24) is 14.8 Å². The quantitative estimate of drug-likeness (QED) is 0.737. The molecule has 0 saturated carbocycles. The molecule has 0 fully saturated rings. The van der Waals surface area contributed by atoms with Gasteiger partial charge in [-0.3, -0.25) is 9.48 Å². The molecule has 0 radical (unpaired) electrons. The number of halogens is 1. The predicted octanol–water partition coefficient (Wildman–Crippen LogP) is 3.85.